The molecule has 0 saturated carbocycles. The second-order valence-corrected chi connectivity index (χ2v) is 6.28. The zero-order valence-corrected chi connectivity index (χ0v) is 14.5. The molecule has 1 atom stereocenters. The second kappa shape index (κ2) is 7.17. The Balaban J connectivity index is 1.54. The molecule has 1 N–H and O–H groups in total. The van der Waals surface area contributed by atoms with Crippen molar-refractivity contribution in [2.24, 2.45) is 0 Å². The van der Waals surface area contributed by atoms with Crippen LogP contribution in [0, 0.1) is 0 Å². The number of benzene rings is 2. The molecule has 0 unspecified atom stereocenters. The fraction of sp³-hybridized carbons (Fsp3) is 0.300. The molecule has 6 heteroatoms. The van der Waals surface area contributed by atoms with Crippen molar-refractivity contribution in [3.8, 4) is 17.2 Å². The van der Waals surface area contributed by atoms with Gasteiger partial charge in [0.1, 0.15) is 11.3 Å². The van der Waals surface area contributed by atoms with Crippen molar-refractivity contribution in [3.05, 3.63) is 48.0 Å². The maximum absolute atomic E-state index is 12.4. The Bertz CT molecular complexity index is 928. The van der Waals surface area contributed by atoms with E-state index in [1.165, 1.54) is 0 Å². The molecule has 134 valence electrons. The molecule has 26 heavy (non-hydrogen) atoms. The predicted molar refractivity (Wildman–Crippen MR) is 97.3 cm³/mol. The average Bonchev–Trinajstić information content (AvgIpc) is 3.35. The number of nitrogens with one attached hydrogen (secondary N) is 1. The Morgan fingerprint density at radius 2 is 2.23 bits per heavy atom. The van der Waals surface area contributed by atoms with Crippen LogP contribution in [0.1, 0.15) is 23.2 Å². The first-order valence-electron chi connectivity index (χ1n) is 8.68. The summed E-state index contributed by atoms with van der Waals surface area (Å²) >= 11 is 0. The molecule has 1 aromatic heterocycles. The van der Waals surface area contributed by atoms with E-state index in [2.05, 4.69) is 10.3 Å². The molecular weight excluding hydrogens is 332 g/mol. The van der Waals surface area contributed by atoms with Gasteiger partial charge in [0.15, 0.2) is 5.58 Å². The van der Waals surface area contributed by atoms with Gasteiger partial charge in [-0.3, -0.25) is 4.79 Å². The van der Waals surface area contributed by atoms with Crippen LogP contribution in [0.25, 0.3) is 22.6 Å². The van der Waals surface area contributed by atoms with Crippen molar-refractivity contribution in [2.45, 2.75) is 18.9 Å². The number of methoxy groups -OCH3 is 1. The quantitative estimate of drug-likeness (QED) is 0.762. The second-order valence-electron chi connectivity index (χ2n) is 6.28. The minimum atomic E-state index is -0.137. The molecular formula is C20H20N2O4. The number of carbonyl (C=O) groups excluding carboxylic acids is 1. The molecule has 0 spiro atoms. The normalized spacial score (nSPS) is 16.7. The van der Waals surface area contributed by atoms with Gasteiger partial charge < -0.3 is 19.2 Å². The maximum Gasteiger partial charge on any atom is 0.251 e. The van der Waals surface area contributed by atoms with Crippen molar-refractivity contribution in [2.75, 3.05) is 20.3 Å². The van der Waals surface area contributed by atoms with Gasteiger partial charge >= 0.3 is 0 Å². The van der Waals surface area contributed by atoms with E-state index in [0.717, 1.165) is 30.8 Å². The third-order valence-electron chi connectivity index (χ3n) is 4.48. The van der Waals surface area contributed by atoms with Crippen molar-refractivity contribution >= 4 is 17.0 Å². The first-order valence-corrected chi connectivity index (χ1v) is 8.68. The molecule has 2 aromatic carbocycles. The first kappa shape index (κ1) is 16.6. The smallest absolute Gasteiger partial charge is 0.251 e. The maximum atomic E-state index is 12.4. The standard InChI is InChI=1S/C20H20N2O4/c1-24-15-5-2-4-14(10-15)20-22-17-8-7-13(11-18(17)26-20)19(23)21-12-16-6-3-9-25-16/h2,4-5,7-8,10-11,16H,3,6,9,12H2,1H3,(H,21,23)/t16-/m1/s1. The molecule has 1 amide bonds. The Labute approximate surface area is 151 Å². The van der Waals surface area contributed by atoms with Gasteiger partial charge in [0.05, 0.1) is 13.2 Å². The van der Waals surface area contributed by atoms with Gasteiger partial charge in [-0.05, 0) is 49.2 Å². The molecule has 0 radical (unpaired) electrons. The minimum Gasteiger partial charge on any atom is -0.497 e. The van der Waals surface area contributed by atoms with E-state index in [9.17, 15) is 4.79 Å². The average molecular weight is 352 g/mol. The number of nitrogens with zero attached hydrogens (tertiary/aromatic N) is 1. The molecule has 1 fully saturated rings. The van der Waals surface area contributed by atoms with Crippen LogP contribution in [0.3, 0.4) is 0 Å². The van der Waals surface area contributed by atoms with Crippen LogP contribution in [-0.2, 0) is 4.74 Å². The summed E-state index contributed by atoms with van der Waals surface area (Å²) < 4.78 is 16.6. The topological polar surface area (TPSA) is 73.6 Å². The van der Waals surface area contributed by atoms with Crippen molar-refractivity contribution in [1.29, 1.82) is 0 Å². The zero-order valence-electron chi connectivity index (χ0n) is 14.5. The van der Waals surface area contributed by atoms with Crippen molar-refractivity contribution in [1.82, 2.24) is 10.3 Å². The molecule has 4 rings (SSSR count). The van der Waals surface area contributed by atoms with Gasteiger partial charge in [0.2, 0.25) is 5.89 Å². The number of fused-ring (bicyclic) bond motifs is 1. The van der Waals surface area contributed by atoms with Crippen LogP contribution >= 0.6 is 0 Å². The first-order chi connectivity index (χ1) is 12.7. The molecule has 1 saturated heterocycles. The SMILES string of the molecule is COc1cccc(-c2nc3ccc(C(=O)NC[C@H]4CCCO4)cc3o2)c1. The van der Waals surface area contributed by atoms with Crippen LogP contribution in [0.15, 0.2) is 46.9 Å². The van der Waals surface area contributed by atoms with Gasteiger partial charge in [0.25, 0.3) is 5.91 Å². The number of ether oxygens (including phenoxy) is 2. The lowest BCUT2D eigenvalue weighted by molar-refractivity contribution is 0.0858. The summed E-state index contributed by atoms with van der Waals surface area (Å²) in [6.45, 7) is 1.31. The Morgan fingerprint density at radius 1 is 1.31 bits per heavy atom. The van der Waals surface area contributed by atoms with Gasteiger partial charge in [-0.25, -0.2) is 4.98 Å². The van der Waals surface area contributed by atoms with Crippen molar-refractivity contribution in [3.63, 3.8) is 0 Å². The highest BCUT2D eigenvalue weighted by Crippen LogP contribution is 2.27. The predicted octanol–water partition coefficient (Wildman–Crippen LogP) is 3.41. The Hall–Kier alpha value is -2.86. The van der Waals surface area contributed by atoms with E-state index in [4.69, 9.17) is 13.9 Å². The van der Waals surface area contributed by atoms with Crippen LogP contribution in [0.2, 0.25) is 0 Å². The van der Waals surface area contributed by atoms with Crippen molar-refractivity contribution < 1.29 is 18.7 Å². The fourth-order valence-corrected chi connectivity index (χ4v) is 3.06. The highest BCUT2D eigenvalue weighted by atomic mass is 16.5. The summed E-state index contributed by atoms with van der Waals surface area (Å²) in [4.78, 5) is 16.9. The number of hydrogen-bond acceptors (Lipinski definition) is 5. The van der Waals surface area contributed by atoms with Gasteiger partial charge in [-0.15, -0.1) is 0 Å². The lowest BCUT2D eigenvalue weighted by Crippen LogP contribution is -2.31. The molecule has 0 bridgehead atoms. The van der Waals surface area contributed by atoms with E-state index in [1.54, 1.807) is 25.3 Å². The number of aromatic nitrogens is 1. The van der Waals surface area contributed by atoms with E-state index >= 15 is 0 Å². The summed E-state index contributed by atoms with van der Waals surface area (Å²) in [6.07, 6.45) is 2.16. The Kier molecular flexibility index (Phi) is 4.58. The summed E-state index contributed by atoms with van der Waals surface area (Å²) in [6, 6.07) is 12.8. The van der Waals surface area contributed by atoms with Crippen LogP contribution in [0.4, 0.5) is 0 Å². The van der Waals surface area contributed by atoms with Crippen LogP contribution in [0.5, 0.6) is 5.75 Å². The molecule has 0 aliphatic carbocycles. The largest absolute Gasteiger partial charge is 0.497 e. The lowest BCUT2D eigenvalue weighted by Gasteiger charge is -2.10. The summed E-state index contributed by atoms with van der Waals surface area (Å²) in [5.41, 5.74) is 2.65. The zero-order chi connectivity index (χ0) is 17.9. The highest BCUT2D eigenvalue weighted by Gasteiger charge is 2.17. The molecule has 1 aliphatic rings. The summed E-state index contributed by atoms with van der Waals surface area (Å²) in [5, 5.41) is 2.92. The molecule has 3 aromatic rings. The van der Waals surface area contributed by atoms with Crippen LogP contribution in [-0.4, -0.2) is 37.3 Å². The van der Waals surface area contributed by atoms with E-state index < -0.39 is 0 Å². The van der Waals surface area contributed by atoms with Gasteiger partial charge in [-0.2, -0.15) is 0 Å². The number of carbonyl (C=O) groups is 1. The molecule has 1 aliphatic heterocycles. The summed E-state index contributed by atoms with van der Waals surface area (Å²) in [5.74, 6) is 1.09. The third-order valence-corrected chi connectivity index (χ3v) is 4.48. The third kappa shape index (κ3) is 3.41. The van der Waals surface area contributed by atoms with Gasteiger partial charge in [0, 0.05) is 24.3 Å². The lowest BCUT2D eigenvalue weighted by atomic mass is 10.2. The number of amides is 1. The Morgan fingerprint density at radius 3 is 3.04 bits per heavy atom. The monoisotopic (exact) mass is 352 g/mol. The molecule has 6 nitrogen and oxygen atoms in total. The number of oxazole rings is 1. The van der Waals surface area contributed by atoms with E-state index in [0.29, 0.717) is 29.1 Å². The highest BCUT2D eigenvalue weighted by molar-refractivity contribution is 5.97. The van der Waals surface area contributed by atoms with E-state index in [1.807, 2.05) is 24.3 Å². The van der Waals surface area contributed by atoms with Crippen LogP contribution < -0.4 is 10.1 Å². The number of rotatable bonds is 5. The van der Waals surface area contributed by atoms with Gasteiger partial charge in [-0.1, -0.05) is 6.07 Å². The minimum absolute atomic E-state index is 0.118. The summed E-state index contributed by atoms with van der Waals surface area (Å²) in [7, 11) is 1.62. The fourth-order valence-electron chi connectivity index (χ4n) is 3.06. The molecule has 2 heterocycles. The number of hydrogen-bond donors (Lipinski definition) is 1. The van der Waals surface area contributed by atoms with E-state index in [-0.39, 0.29) is 12.0 Å².